The molecule has 0 aromatic heterocycles. The quantitative estimate of drug-likeness (QED) is 0.456. The van der Waals surface area contributed by atoms with E-state index in [4.69, 9.17) is 21.1 Å². The van der Waals surface area contributed by atoms with Gasteiger partial charge in [-0.3, -0.25) is 10.1 Å². The van der Waals surface area contributed by atoms with Gasteiger partial charge in [-0.15, -0.1) is 0 Å². The van der Waals surface area contributed by atoms with Crippen LogP contribution in [0.1, 0.15) is 26.3 Å². The maximum atomic E-state index is 10.7. The molecule has 0 saturated heterocycles. The summed E-state index contributed by atoms with van der Waals surface area (Å²) in [6.45, 7) is 7.00. The Hall–Kier alpha value is -1.17. The summed E-state index contributed by atoms with van der Waals surface area (Å²) in [5.74, 6) is 0. The Kier molecular flexibility index (Phi) is 5.72. The molecule has 0 N–H and O–H groups in total. The Labute approximate surface area is 117 Å². The first-order valence-corrected chi connectivity index (χ1v) is 6.32. The van der Waals surface area contributed by atoms with Gasteiger partial charge in [-0.05, 0) is 26.8 Å². The van der Waals surface area contributed by atoms with Crippen molar-refractivity contribution in [1.82, 2.24) is 0 Å². The van der Waals surface area contributed by atoms with E-state index >= 15 is 0 Å². The fourth-order valence-corrected chi connectivity index (χ4v) is 1.55. The maximum Gasteiger partial charge on any atom is 0.269 e. The van der Waals surface area contributed by atoms with Crippen molar-refractivity contribution in [2.45, 2.75) is 33.0 Å². The SMILES string of the molecule is CC(C)(C)OCCOCc1cc([N+](=O)[O-])ccc1Cl. The van der Waals surface area contributed by atoms with Gasteiger partial charge in [0.25, 0.3) is 5.69 Å². The summed E-state index contributed by atoms with van der Waals surface area (Å²) in [7, 11) is 0. The topological polar surface area (TPSA) is 61.6 Å². The second-order valence-corrected chi connectivity index (χ2v) is 5.45. The van der Waals surface area contributed by atoms with Gasteiger partial charge in [0.15, 0.2) is 0 Å². The molecule has 0 aliphatic carbocycles. The molecule has 0 saturated carbocycles. The van der Waals surface area contributed by atoms with Crippen LogP contribution in [0.2, 0.25) is 5.02 Å². The number of hydrogen-bond acceptors (Lipinski definition) is 4. The van der Waals surface area contributed by atoms with E-state index in [1.54, 1.807) is 0 Å². The first kappa shape index (κ1) is 15.9. The van der Waals surface area contributed by atoms with Gasteiger partial charge in [0.2, 0.25) is 0 Å². The molecule has 5 nitrogen and oxygen atoms in total. The molecular weight excluding hydrogens is 270 g/mol. The minimum atomic E-state index is -0.456. The second kappa shape index (κ2) is 6.84. The largest absolute Gasteiger partial charge is 0.374 e. The van der Waals surface area contributed by atoms with Crippen molar-refractivity contribution in [3.05, 3.63) is 38.9 Å². The highest BCUT2D eigenvalue weighted by molar-refractivity contribution is 6.31. The van der Waals surface area contributed by atoms with Gasteiger partial charge in [0, 0.05) is 22.7 Å². The van der Waals surface area contributed by atoms with Crippen LogP contribution >= 0.6 is 11.6 Å². The van der Waals surface area contributed by atoms with Crippen molar-refractivity contribution in [3.63, 3.8) is 0 Å². The molecule has 0 bridgehead atoms. The Morgan fingerprint density at radius 1 is 1.32 bits per heavy atom. The van der Waals surface area contributed by atoms with Crippen LogP contribution in [-0.2, 0) is 16.1 Å². The first-order chi connectivity index (χ1) is 8.79. The molecule has 0 spiro atoms. The number of nitrogens with zero attached hydrogens (tertiary/aromatic N) is 1. The Bertz CT molecular complexity index is 443. The highest BCUT2D eigenvalue weighted by Crippen LogP contribution is 2.22. The summed E-state index contributed by atoms with van der Waals surface area (Å²) < 4.78 is 10.9. The first-order valence-electron chi connectivity index (χ1n) is 5.94. The van der Waals surface area contributed by atoms with E-state index in [-0.39, 0.29) is 17.9 Å². The zero-order chi connectivity index (χ0) is 14.5. The van der Waals surface area contributed by atoms with Crippen molar-refractivity contribution in [2.75, 3.05) is 13.2 Å². The van der Waals surface area contributed by atoms with Crippen molar-refractivity contribution in [2.24, 2.45) is 0 Å². The maximum absolute atomic E-state index is 10.7. The zero-order valence-corrected chi connectivity index (χ0v) is 12.1. The molecular formula is C13H18ClNO4. The Balaban J connectivity index is 2.45. The van der Waals surface area contributed by atoms with Gasteiger partial charge in [0.05, 0.1) is 30.3 Å². The number of benzene rings is 1. The van der Waals surface area contributed by atoms with Crippen LogP contribution < -0.4 is 0 Å². The van der Waals surface area contributed by atoms with Crippen LogP contribution in [0.4, 0.5) is 5.69 Å². The molecule has 0 aliphatic heterocycles. The van der Waals surface area contributed by atoms with Crippen LogP contribution in [0, 0.1) is 10.1 Å². The monoisotopic (exact) mass is 287 g/mol. The number of non-ortho nitro benzene ring substituents is 1. The lowest BCUT2D eigenvalue weighted by Crippen LogP contribution is -2.21. The van der Waals surface area contributed by atoms with E-state index in [0.29, 0.717) is 23.8 Å². The number of hydrogen-bond donors (Lipinski definition) is 0. The highest BCUT2D eigenvalue weighted by Gasteiger charge is 2.11. The van der Waals surface area contributed by atoms with Gasteiger partial charge in [0.1, 0.15) is 0 Å². The fourth-order valence-electron chi connectivity index (χ4n) is 1.37. The fraction of sp³-hybridized carbons (Fsp3) is 0.538. The molecule has 0 unspecified atom stereocenters. The lowest BCUT2D eigenvalue weighted by molar-refractivity contribution is -0.384. The van der Waals surface area contributed by atoms with E-state index in [9.17, 15) is 10.1 Å². The summed E-state index contributed by atoms with van der Waals surface area (Å²) in [5, 5.41) is 11.1. The lowest BCUT2D eigenvalue weighted by atomic mass is 10.2. The molecule has 19 heavy (non-hydrogen) atoms. The number of nitro groups is 1. The minimum Gasteiger partial charge on any atom is -0.374 e. The predicted octanol–water partition coefficient (Wildman–Crippen LogP) is 3.58. The molecule has 1 rings (SSSR count). The van der Waals surface area contributed by atoms with E-state index in [0.717, 1.165) is 0 Å². The van der Waals surface area contributed by atoms with Gasteiger partial charge in [-0.2, -0.15) is 0 Å². The number of ether oxygens (including phenoxy) is 2. The van der Waals surface area contributed by atoms with E-state index in [1.165, 1.54) is 18.2 Å². The van der Waals surface area contributed by atoms with Crippen LogP contribution in [0.15, 0.2) is 18.2 Å². The third kappa shape index (κ3) is 6.00. The minimum absolute atomic E-state index is 0.00828. The molecule has 1 aromatic rings. The van der Waals surface area contributed by atoms with Crippen molar-refractivity contribution in [1.29, 1.82) is 0 Å². The van der Waals surface area contributed by atoms with Gasteiger partial charge in [-0.1, -0.05) is 11.6 Å². The van der Waals surface area contributed by atoms with Crippen molar-refractivity contribution in [3.8, 4) is 0 Å². The van der Waals surface area contributed by atoms with Crippen molar-refractivity contribution >= 4 is 17.3 Å². The molecule has 0 amide bonds. The molecule has 0 atom stereocenters. The van der Waals surface area contributed by atoms with E-state index in [2.05, 4.69) is 0 Å². The number of rotatable bonds is 6. The van der Waals surface area contributed by atoms with Gasteiger partial charge in [-0.25, -0.2) is 0 Å². The predicted molar refractivity (Wildman–Crippen MR) is 73.5 cm³/mol. The molecule has 0 heterocycles. The Morgan fingerprint density at radius 3 is 2.58 bits per heavy atom. The normalized spacial score (nSPS) is 11.6. The lowest BCUT2D eigenvalue weighted by Gasteiger charge is -2.19. The van der Waals surface area contributed by atoms with Crippen molar-refractivity contribution < 1.29 is 14.4 Å². The zero-order valence-electron chi connectivity index (χ0n) is 11.3. The Morgan fingerprint density at radius 2 is 2.00 bits per heavy atom. The summed E-state index contributed by atoms with van der Waals surface area (Å²) >= 11 is 5.95. The summed E-state index contributed by atoms with van der Waals surface area (Å²) in [4.78, 5) is 10.2. The van der Waals surface area contributed by atoms with E-state index in [1.807, 2.05) is 20.8 Å². The third-order valence-electron chi connectivity index (χ3n) is 2.26. The average Bonchev–Trinajstić information content (AvgIpc) is 2.29. The van der Waals surface area contributed by atoms with Crippen LogP contribution in [0.5, 0.6) is 0 Å². The van der Waals surface area contributed by atoms with Crippen LogP contribution in [0.3, 0.4) is 0 Å². The smallest absolute Gasteiger partial charge is 0.269 e. The molecule has 0 aliphatic rings. The average molecular weight is 288 g/mol. The van der Waals surface area contributed by atoms with Gasteiger partial charge >= 0.3 is 0 Å². The number of nitro benzene ring substituents is 1. The molecule has 6 heteroatoms. The molecule has 1 aromatic carbocycles. The van der Waals surface area contributed by atoms with E-state index < -0.39 is 4.92 Å². The standard InChI is InChI=1S/C13H18ClNO4/c1-13(2,3)19-7-6-18-9-10-8-11(15(16)17)4-5-12(10)14/h4-5,8H,6-7,9H2,1-3H3. The summed E-state index contributed by atoms with van der Waals surface area (Å²) in [5.41, 5.74) is 0.410. The van der Waals surface area contributed by atoms with Gasteiger partial charge < -0.3 is 9.47 Å². The molecule has 106 valence electrons. The van der Waals surface area contributed by atoms with Crippen LogP contribution in [0.25, 0.3) is 0 Å². The second-order valence-electron chi connectivity index (χ2n) is 5.05. The summed E-state index contributed by atoms with van der Waals surface area (Å²) in [6.07, 6.45) is 0. The summed E-state index contributed by atoms with van der Waals surface area (Å²) in [6, 6.07) is 4.30. The molecule has 0 radical (unpaired) electrons. The number of halogens is 1. The highest BCUT2D eigenvalue weighted by atomic mass is 35.5. The van der Waals surface area contributed by atoms with Crippen LogP contribution in [-0.4, -0.2) is 23.7 Å². The third-order valence-corrected chi connectivity index (χ3v) is 2.63. The molecule has 0 fully saturated rings.